The van der Waals surface area contributed by atoms with Crippen molar-refractivity contribution >= 4 is 33.1 Å². The number of rotatable bonds is 4. The number of hydrogen-bond acceptors (Lipinski definition) is 4. The third-order valence-corrected chi connectivity index (χ3v) is 5.49. The van der Waals surface area contributed by atoms with Gasteiger partial charge in [-0.3, -0.25) is 4.55 Å². The predicted octanol–water partition coefficient (Wildman–Crippen LogP) is 3.75. The molecule has 0 aliphatic rings. The van der Waals surface area contributed by atoms with Crippen LogP contribution in [0.4, 0.5) is 5.82 Å². The first kappa shape index (κ1) is 18.0. The fourth-order valence-corrected chi connectivity index (χ4v) is 3.66. The molecule has 0 bridgehead atoms. The molecule has 0 saturated heterocycles. The Balaban J connectivity index is 1.96. The summed E-state index contributed by atoms with van der Waals surface area (Å²) in [6.45, 7) is 5.63. The number of benzene rings is 2. The van der Waals surface area contributed by atoms with Gasteiger partial charge in [-0.1, -0.05) is 36.4 Å². The zero-order valence-electron chi connectivity index (χ0n) is 15.1. The number of fused-ring (bicyclic) bond motifs is 1. The summed E-state index contributed by atoms with van der Waals surface area (Å²) in [7, 11) is -3.70. The van der Waals surface area contributed by atoms with Crippen LogP contribution in [-0.2, 0) is 10.0 Å². The highest BCUT2D eigenvalue weighted by Gasteiger charge is 2.19. The minimum Gasteiger partial charge on any atom is -0.296 e. The second-order valence-corrected chi connectivity index (χ2v) is 7.86. The molecule has 0 amide bonds. The van der Waals surface area contributed by atoms with Crippen molar-refractivity contribution in [1.82, 2.24) is 14.5 Å². The fraction of sp³-hybridized carbons (Fsp3) is 0.0500. The zero-order valence-corrected chi connectivity index (χ0v) is 16.0. The lowest BCUT2D eigenvalue weighted by molar-refractivity contribution is -0.566. The first-order valence-electron chi connectivity index (χ1n) is 8.51. The fourth-order valence-electron chi connectivity index (χ4n) is 2.70. The molecule has 140 valence electrons. The molecule has 2 aromatic carbocycles. The van der Waals surface area contributed by atoms with Gasteiger partial charge in [0.15, 0.2) is 10.0 Å². The van der Waals surface area contributed by atoms with Gasteiger partial charge in [-0.2, -0.15) is 4.57 Å². The molecule has 8 heteroatoms. The van der Waals surface area contributed by atoms with Crippen LogP contribution in [0.15, 0.2) is 83.1 Å². The molecule has 0 aliphatic heterocycles. The molecular weight excluding hydrogens is 374 g/mol. The quantitative estimate of drug-likeness (QED) is 0.536. The van der Waals surface area contributed by atoms with Crippen LogP contribution in [0.5, 0.6) is 0 Å². The Bertz CT molecular complexity index is 1300. The number of imidazole rings is 1. The Labute approximate surface area is 162 Å². The highest BCUT2D eigenvalue weighted by atomic mass is 32.2. The lowest BCUT2D eigenvalue weighted by atomic mass is 10.2. The summed E-state index contributed by atoms with van der Waals surface area (Å²) in [6.07, 6.45) is 6.90. The van der Waals surface area contributed by atoms with Gasteiger partial charge in [0.1, 0.15) is 12.4 Å². The smallest absolute Gasteiger partial charge is 0.272 e. The molecule has 7 nitrogen and oxygen atoms in total. The molecule has 28 heavy (non-hydrogen) atoms. The minimum absolute atomic E-state index is 0.0820. The van der Waals surface area contributed by atoms with Gasteiger partial charge < -0.3 is 0 Å². The van der Waals surface area contributed by atoms with Gasteiger partial charge in [-0.15, -0.1) is 4.36 Å². The Kier molecular flexibility index (Phi) is 4.50. The maximum Gasteiger partial charge on any atom is 0.272 e. The van der Waals surface area contributed by atoms with E-state index in [0.717, 1.165) is 5.56 Å². The van der Waals surface area contributed by atoms with Crippen LogP contribution in [-0.4, -0.2) is 23.3 Å². The van der Waals surface area contributed by atoms with E-state index in [1.165, 1.54) is 0 Å². The summed E-state index contributed by atoms with van der Waals surface area (Å²) >= 11 is 0. The third kappa shape index (κ3) is 3.42. The standard InChI is InChI=1S/C20H17N5O2S/c1-3-24-12-13-25(14-24)20-19(21-17-6-4-5-7-18(17)22-20)23-28(26,27)16-10-8-15(2)9-11-16/h3-14H,1H2,2H3/p+1. The molecule has 0 fully saturated rings. The molecule has 4 rings (SSSR count). The molecule has 1 N–H and O–H groups in total. The average Bonchev–Trinajstić information content (AvgIpc) is 3.16. The number of para-hydroxylation sites is 2. The monoisotopic (exact) mass is 392 g/mol. The first-order chi connectivity index (χ1) is 13.5. The van der Waals surface area contributed by atoms with Crippen molar-refractivity contribution in [2.45, 2.75) is 11.8 Å². The van der Waals surface area contributed by atoms with E-state index in [1.54, 1.807) is 64.4 Å². The van der Waals surface area contributed by atoms with Crippen molar-refractivity contribution in [1.29, 1.82) is 0 Å². The van der Waals surface area contributed by atoms with Gasteiger partial charge >= 0.3 is 0 Å². The summed E-state index contributed by atoms with van der Waals surface area (Å²) in [5, 5.41) is 0. The molecule has 0 aliphatic carbocycles. The van der Waals surface area contributed by atoms with E-state index in [9.17, 15) is 8.76 Å². The van der Waals surface area contributed by atoms with Gasteiger partial charge in [0.2, 0.25) is 5.82 Å². The average molecular weight is 392 g/mol. The van der Waals surface area contributed by atoms with Gasteiger partial charge in [-0.05, 0) is 31.2 Å². The second kappa shape index (κ2) is 6.99. The van der Waals surface area contributed by atoms with E-state index >= 15 is 0 Å². The first-order valence-corrected chi connectivity index (χ1v) is 9.98. The summed E-state index contributed by atoms with van der Waals surface area (Å²) in [5.74, 6) is 0.437. The number of hydrogen-bond donors (Lipinski definition) is 1. The topological polar surface area (TPSA) is 84.3 Å². The van der Waals surface area contributed by atoms with E-state index < -0.39 is 10.0 Å². The molecule has 2 heterocycles. The normalized spacial score (nSPS) is 13.2. The number of aryl methyl sites for hydroxylation is 1. The third-order valence-electron chi connectivity index (χ3n) is 4.19. The molecule has 0 radical (unpaired) electrons. The Morgan fingerprint density at radius 2 is 1.82 bits per heavy atom. The Morgan fingerprint density at radius 3 is 2.46 bits per heavy atom. The van der Waals surface area contributed by atoms with Crippen molar-refractivity contribution < 1.29 is 13.3 Å². The van der Waals surface area contributed by atoms with E-state index in [2.05, 4.69) is 20.9 Å². The van der Waals surface area contributed by atoms with Crippen LogP contribution in [0.25, 0.3) is 23.1 Å². The molecular formula is C20H18N5O2S+. The van der Waals surface area contributed by atoms with Crippen LogP contribution in [0.1, 0.15) is 5.56 Å². The van der Waals surface area contributed by atoms with E-state index in [0.29, 0.717) is 16.9 Å². The van der Waals surface area contributed by atoms with Crippen molar-refractivity contribution in [2.24, 2.45) is 4.36 Å². The lowest BCUT2D eigenvalue weighted by Crippen LogP contribution is -2.21. The maximum atomic E-state index is 12.9. The molecule has 1 unspecified atom stereocenters. The predicted molar refractivity (Wildman–Crippen MR) is 108 cm³/mol. The SMILES string of the molecule is C=C[n+]1ccn(-c2nc3ccccc3nc2N=S(=O)(O)c2ccc(C)cc2)c1. The van der Waals surface area contributed by atoms with Crippen molar-refractivity contribution in [3.8, 4) is 5.82 Å². The van der Waals surface area contributed by atoms with Crippen LogP contribution >= 0.6 is 0 Å². The number of aromatic nitrogens is 4. The molecule has 0 spiro atoms. The highest BCUT2D eigenvalue weighted by molar-refractivity contribution is 7.88. The van der Waals surface area contributed by atoms with Gasteiger partial charge in [-0.25, -0.2) is 18.7 Å². The highest BCUT2D eigenvalue weighted by Crippen LogP contribution is 2.26. The van der Waals surface area contributed by atoms with E-state index in [4.69, 9.17) is 0 Å². The zero-order chi connectivity index (χ0) is 19.7. The molecule has 2 aromatic heterocycles. The number of nitrogens with zero attached hydrogens (tertiary/aromatic N) is 5. The van der Waals surface area contributed by atoms with Crippen LogP contribution in [0.2, 0.25) is 0 Å². The second-order valence-electron chi connectivity index (χ2n) is 6.21. The van der Waals surface area contributed by atoms with Crippen LogP contribution in [0, 0.1) is 6.92 Å². The summed E-state index contributed by atoms with van der Waals surface area (Å²) in [6, 6.07) is 14.0. The summed E-state index contributed by atoms with van der Waals surface area (Å²) in [4.78, 5) is 9.31. The molecule has 4 aromatic rings. The molecule has 0 saturated carbocycles. The van der Waals surface area contributed by atoms with Gasteiger partial charge in [0.05, 0.1) is 22.1 Å². The van der Waals surface area contributed by atoms with E-state index in [-0.39, 0.29) is 10.7 Å². The Morgan fingerprint density at radius 1 is 1.14 bits per heavy atom. The van der Waals surface area contributed by atoms with Gasteiger partial charge in [0.25, 0.3) is 12.1 Å². The van der Waals surface area contributed by atoms with Crippen molar-refractivity contribution in [3.63, 3.8) is 0 Å². The largest absolute Gasteiger partial charge is 0.296 e. The Hall–Kier alpha value is -3.36. The maximum absolute atomic E-state index is 12.9. The summed E-state index contributed by atoms with van der Waals surface area (Å²) < 4.78 is 31.1. The van der Waals surface area contributed by atoms with Crippen molar-refractivity contribution in [2.75, 3.05) is 0 Å². The van der Waals surface area contributed by atoms with Gasteiger partial charge in [0, 0.05) is 0 Å². The summed E-state index contributed by atoms with van der Waals surface area (Å²) in [5.41, 5.74) is 2.24. The van der Waals surface area contributed by atoms with Crippen LogP contribution in [0.3, 0.4) is 0 Å². The van der Waals surface area contributed by atoms with E-state index in [1.807, 2.05) is 25.1 Å². The minimum atomic E-state index is -3.70. The van der Waals surface area contributed by atoms with Crippen LogP contribution < -0.4 is 4.57 Å². The lowest BCUT2D eigenvalue weighted by Gasteiger charge is -2.06. The molecule has 1 atom stereocenters. The van der Waals surface area contributed by atoms with Crippen molar-refractivity contribution in [3.05, 3.63) is 79.4 Å².